The van der Waals surface area contributed by atoms with Crippen LogP contribution in [0.5, 0.6) is 0 Å². The summed E-state index contributed by atoms with van der Waals surface area (Å²) in [6, 6.07) is 0.628. The molecule has 0 aliphatic carbocycles. The molecule has 0 bridgehead atoms. The molecule has 3 nitrogen and oxygen atoms in total. The zero-order chi connectivity index (χ0) is 12.2. The molecule has 96 valence electrons. The van der Waals surface area contributed by atoms with Gasteiger partial charge in [0.15, 0.2) is 0 Å². The number of rotatable bonds is 6. The van der Waals surface area contributed by atoms with Crippen molar-refractivity contribution in [2.75, 3.05) is 26.7 Å². The van der Waals surface area contributed by atoms with E-state index in [2.05, 4.69) is 45.0 Å². The lowest BCUT2D eigenvalue weighted by Gasteiger charge is -2.22. The lowest BCUT2D eigenvalue weighted by Crippen LogP contribution is -2.37. The minimum atomic E-state index is 0.0983. The van der Waals surface area contributed by atoms with Gasteiger partial charge in [-0.05, 0) is 47.6 Å². The van der Waals surface area contributed by atoms with Crippen LogP contribution in [0.4, 0.5) is 0 Å². The van der Waals surface area contributed by atoms with Crippen LogP contribution in [0.2, 0.25) is 0 Å². The van der Waals surface area contributed by atoms with Crippen molar-refractivity contribution < 1.29 is 4.74 Å². The van der Waals surface area contributed by atoms with Gasteiger partial charge in [0.1, 0.15) is 0 Å². The first-order chi connectivity index (χ1) is 7.41. The Labute approximate surface area is 101 Å². The largest absolute Gasteiger partial charge is 0.371 e. The third-order valence-corrected chi connectivity index (χ3v) is 3.45. The fourth-order valence-electron chi connectivity index (χ4n) is 2.00. The average Bonchev–Trinajstić information content (AvgIpc) is 2.52. The van der Waals surface area contributed by atoms with E-state index in [9.17, 15) is 0 Å². The molecule has 0 aromatic carbocycles. The van der Waals surface area contributed by atoms with Gasteiger partial charge >= 0.3 is 0 Å². The molecule has 1 aliphatic heterocycles. The molecule has 0 saturated carbocycles. The van der Waals surface area contributed by atoms with Crippen molar-refractivity contribution in [3.05, 3.63) is 0 Å². The van der Waals surface area contributed by atoms with Crippen molar-refractivity contribution in [2.45, 2.75) is 58.3 Å². The third-order valence-electron chi connectivity index (χ3n) is 3.45. The van der Waals surface area contributed by atoms with E-state index in [4.69, 9.17) is 4.74 Å². The van der Waals surface area contributed by atoms with Gasteiger partial charge in [-0.1, -0.05) is 0 Å². The van der Waals surface area contributed by atoms with E-state index in [1.165, 1.54) is 12.8 Å². The molecule has 1 saturated heterocycles. The first kappa shape index (κ1) is 13.9. The maximum absolute atomic E-state index is 5.93. The van der Waals surface area contributed by atoms with Gasteiger partial charge < -0.3 is 15.0 Å². The highest BCUT2D eigenvalue weighted by Gasteiger charge is 2.30. The third kappa shape index (κ3) is 4.81. The van der Waals surface area contributed by atoms with Gasteiger partial charge in [-0.25, -0.2) is 0 Å². The van der Waals surface area contributed by atoms with Gasteiger partial charge in [0.2, 0.25) is 0 Å². The number of likely N-dealkylation sites (N-methyl/N-ethyl adjacent to an activating group) is 1. The standard InChI is InChI=1S/C13H28N2O/c1-11(2)15(5)9-8-14-10-12-6-7-13(3,4)16-12/h11-12,14H,6-10H2,1-5H3. The van der Waals surface area contributed by atoms with E-state index in [1.807, 2.05) is 0 Å². The SMILES string of the molecule is CC(C)N(C)CCNCC1CCC(C)(C)O1. The molecule has 0 radical (unpaired) electrons. The molecule has 1 heterocycles. The van der Waals surface area contributed by atoms with Crippen molar-refractivity contribution >= 4 is 0 Å². The van der Waals surface area contributed by atoms with E-state index >= 15 is 0 Å². The molecule has 0 aromatic heterocycles. The van der Waals surface area contributed by atoms with Crippen LogP contribution in [-0.2, 0) is 4.74 Å². The molecule has 1 N–H and O–H groups in total. The van der Waals surface area contributed by atoms with Gasteiger partial charge in [0.25, 0.3) is 0 Å². The van der Waals surface area contributed by atoms with Crippen molar-refractivity contribution in [2.24, 2.45) is 0 Å². The second-order valence-electron chi connectivity index (χ2n) is 5.82. The lowest BCUT2D eigenvalue weighted by molar-refractivity contribution is -0.0142. The van der Waals surface area contributed by atoms with Gasteiger partial charge in [-0.2, -0.15) is 0 Å². The molecule has 3 heteroatoms. The fraction of sp³-hybridized carbons (Fsp3) is 1.00. The molecule has 1 aliphatic rings. The van der Waals surface area contributed by atoms with Crippen LogP contribution < -0.4 is 5.32 Å². The molecule has 0 spiro atoms. The summed E-state index contributed by atoms with van der Waals surface area (Å²) < 4.78 is 5.93. The average molecular weight is 228 g/mol. The lowest BCUT2D eigenvalue weighted by atomic mass is 10.1. The Hall–Kier alpha value is -0.120. The maximum atomic E-state index is 5.93. The summed E-state index contributed by atoms with van der Waals surface area (Å²) in [5.41, 5.74) is 0.0983. The van der Waals surface area contributed by atoms with E-state index in [0.717, 1.165) is 19.6 Å². The van der Waals surface area contributed by atoms with Gasteiger partial charge in [-0.15, -0.1) is 0 Å². The second-order valence-corrected chi connectivity index (χ2v) is 5.82. The van der Waals surface area contributed by atoms with Crippen LogP contribution in [0.1, 0.15) is 40.5 Å². The number of hydrogen-bond donors (Lipinski definition) is 1. The van der Waals surface area contributed by atoms with E-state index in [1.54, 1.807) is 0 Å². The van der Waals surface area contributed by atoms with Gasteiger partial charge in [-0.3, -0.25) is 0 Å². The highest BCUT2D eigenvalue weighted by molar-refractivity contribution is 4.81. The summed E-state index contributed by atoms with van der Waals surface area (Å²) in [5, 5.41) is 3.48. The Morgan fingerprint density at radius 1 is 1.44 bits per heavy atom. The predicted molar refractivity (Wildman–Crippen MR) is 68.8 cm³/mol. The Morgan fingerprint density at radius 3 is 2.62 bits per heavy atom. The summed E-state index contributed by atoms with van der Waals surface area (Å²) in [7, 11) is 2.17. The summed E-state index contributed by atoms with van der Waals surface area (Å²) >= 11 is 0. The monoisotopic (exact) mass is 228 g/mol. The summed E-state index contributed by atoms with van der Waals surface area (Å²) in [5.74, 6) is 0. The van der Waals surface area contributed by atoms with Crippen molar-refractivity contribution in [3.63, 3.8) is 0 Å². The van der Waals surface area contributed by atoms with Crippen LogP contribution >= 0.6 is 0 Å². The summed E-state index contributed by atoms with van der Waals surface area (Å²) in [6.07, 6.45) is 2.80. The van der Waals surface area contributed by atoms with E-state index in [-0.39, 0.29) is 5.60 Å². The molecular formula is C13H28N2O. The minimum Gasteiger partial charge on any atom is -0.371 e. The van der Waals surface area contributed by atoms with Crippen molar-refractivity contribution in [1.29, 1.82) is 0 Å². The molecule has 1 fully saturated rings. The Balaban J connectivity index is 2.04. The van der Waals surface area contributed by atoms with Gasteiger partial charge in [0, 0.05) is 25.7 Å². The summed E-state index contributed by atoms with van der Waals surface area (Å²) in [4.78, 5) is 2.35. The van der Waals surface area contributed by atoms with Crippen molar-refractivity contribution in [1.82, 2.24) is 10.2 Å². The molecular weight excluding hydrogens is 200 g/mol. The van der Waals surface area contributed by atoms with E-state index in [0.29, 0.717) is 12.1 Å². The minimum absolute atomic E-state index is 0.0983. The molecule has 0 amide bonds. The number of nitrogens with one attached hydrogen (secondary N) is 1. The fourth-order valence-corrected chi connectivity index (χ4v) is 2.00. The Bertz CT molecular complexity index is 204. The van der Waals surface area contributed by atoms with Crippen LogP contribution in [0.3, 0.4) is 0 Å². The Morgan fingerprint density at radius 2 is 2.12 bits per heavy atom. The van der Waals surface area contributed by atoms with Crippen LogP contribution in [0, 0.1) is 0 Å². The first-order valence-electron chi connectivity index (χ1n) is 6.49. The predicted octanol–water partition coefficient (Wildman–Crippen LogP) is 1.87. The first-order valence-corrected chi connectivity index (χ1v) is 6.49. The zero-order valence-corrected chi connectivity index (χ0v) is 11.5. The van der Waals surface area contributed by atoms with Gasteiger partial charge in [0.05, 0.1) is 11.7 Å². The molecule has 1 atom stereocenters. The molecule has 1 rings (SSSR count). The van der Waals surface area contributed by atoms with E-state index < -0.39 is 0 Å². The van der Waals surface area contributed by atoms with Crippen LogP contribution in [0.25, 0.3) is 0 Å². The maximum Gasteiger partial charge on any atom is 0.0707 e. The van der Waals surface area contributed by atoms with Crippen LogP contribution in [-0.4, -0.2) is 49.3 Å². The number of ether oxygens (including phenoxy) is 1. The van der Waals surface area contributed by atoms with Crippen LogP contribution in [0.15, 0.2) is 0 Å². The normalized spacial score (nSPS) is 24.6. The summed E-state index contributed by atoms with van der Waals surface area (Å²) in [6.45, 7) is 12.0. The zero-order valence-electron chi connectivity index (χ0n) is 11.5. The highest BCUT2D eigenvalue weighted by atomic mass is 16.5. The Kier molecular flexibility index (Phi) is 5.22. The second kappa shape index (κ2) is 5.99. The van der Waals surface area contributed by atoms with Crippen molar-refractivity contribution in [3.8, 4) is 0 Å². The molecule has 16 heavy (non-hydrogen) atoms. The smallest absolute Gasteiger partial charge is 0.0707 e. The molecule has 1 unspecified atom stereocenters. The molecule has 0 aromatic rings. The highest BCUT2D eigenvalue weighted by Crippen LogP contribution is 2.28. The number of hydrogen-bond acceptors (Lipinski definition) is 3. The number of nitrogens with zero attached hydrogens (tertiary/aromatic N) is 1. The topological polar surface area (TPSA) is 24.5 Å². The quantitative estimate of drug-likeness (QED) is 0.703.